The summed E-state index contributed by atoms with van der Waals surface area (Å²) in [6.07, 6.45) is 1.76. The minimum Gasteiger partial charge on any atom is -0.309 e. The molecule has 3 heteroatoms. The normalized spacial score (nSPS) is 20.3. The molecular weight excluding hydrogens is 152 g/mol. The van der Waals surface area contributed by atoms with Crippen LogP contribution in [0, 0.1) is 16.7 Å². The number of nitrogens with zero attached hydrogens (tertiary/aromatic N) is 2. The Morgan fingerprint density at radius 2 is 2.17 bits per heavy atom. The molecule has 0 unspecified atom stereocenters. The summed E-state index contributed by atoms with van der Waals surface area (Å²) in [6.45, 7) is 0.890. The maximum atomic E-state index is 10.8. The van der Waals surface area contributed by atoms with Crippen molar-refractivity contribution in [3.05, 3.63) is 0 Å². The maximum Gasteiger partial charge on any atom is 0.136 e. The van der Waals surface area contributed by atoms with E-state index in [9.17, 15) is 4.79 Å². The van der Waals surface area contributed by atoms with Crippen molar-refractivity contribution in [2.45, 2.75) is 19.3 Å². The molecule has 0 aromatic heterocycles. The molecule has 1 rings (SSSR count). The Morgan fingerprint density at radius 1 is 1.58 bits per heavy atom. The molecule has 0 atom stereocenters. The summed E-state index contributed by atoms with van der Waals surface area (Å²) in [6, 6.07) is 2.25. The Hall–Kier alpha value is -0.880. The van der Waals surface area contributed by atoms with Gasteiger partial charge in [-0.3, -0.25) is 4.79 Å². The van der Waals surface area contributed by atoms with Crippen LogP contribution in [0.2, 0.25) is 0 Å². The highest BCUT2D eigenvalue weighted by atomic mass is 16.1. The molecule has 1 aliphatic rings. The molecule has 3 nitrogen and oxygen atoms in total. The lowest BCUT2D eigenvalue weighted by atomic mass is 9.67. The third kappa shape index (κ3) is 1.83. The molecule has 66 valence electrons. The quantitative estimate of drug-likeness (QED) is 0.623. The van der Waals surface area contributed by atoms with Gasteiger partial charge in [-0.2, -0.15) is 5.26 Å². The predicted molar refractivity (Wildman–Crippen MR) is 45.5 cm³/mol. The van der Waals surface area contributed by atoms with Crippen LogP contribution in [0.4, 0.5) is 0 Å². The summed E-state index contributed by atoms with van der Waals surface area (Å²) < 4.78 is 0. The zero-order valence-electron chi connectivity index (χ0n) is 7.63. The van der Waals surface area contributed by atoms with E-state index in [1.807, 2.05) is 19.0 Å². The Labute approximate surface area is 73.0 Å². The Balaban J connectivity index is 2.39. The molecule has 1 saturated carbocycles. The van der Waals surface area contributed by atoms with Crippen molar-refractivity contribution in [3.63, 3.8) is 0 Å². The van der Waals surface area contributed by atoms with Gasteiger partial charge in [-0.1, -0.05) is 0 Å². The second kappa shape index (κ2) is 3.24. The SMILES string of the molecule is CN(C)CCC1(C#N)CC(=O)C1. The Bertz CT molecular complexity index is 219. The van der Waals surface area contributed by atoms with E-state index in [2.05, 4.69) is 6.07 Å². The van der Waals surface area contributed by atoms with Gasteiger partial charge in [0.25, 0.3) is 0 Å². The van der Waals surface area contributed by atoms with Crippen molar-refractivity contribution in [2.24, 2.45) is 5.41 Å². The highest BCUT2D eigenvalue weighted by Gasteiger charge is 2.43. The number of rotatable bonds is 3. The van der Waals surface area contributed by atoms with E-state index in [0.29, 0.717) is 12.8 Å². The summed E-state index contributed by atoms with van der Waals surface area (Å²) in [5.41, 5.74) is -0.318. The summed E-state index contributed by atoms with van der Waals surface area (Å²) in [5.74, 6) is 0.232. The van der Waals surface area contributed by atoms with Crippen LogP contribution in [0.1, 0.15) is 19.3 Å². The van der Waals surface area contributed by atoms with Crippen molar-refractivity contribution in [3.8, 4) is 6.07 Å². The second-order valence-electron chi connectivity index (χ2n) is 3.84. The fourth-order valence-electron chi connectivity index (χ4n) is 1.45. The number of hydrogen-bond donors (Lipinski definition) is 0. The molecule has 0 radical (unpaired) electrons. The van der Waals surface area contributed by atoms with Gasteiger partial charge in [0.2, 0.25) is 0 Å². The molecule has 12 heavy (non-hydrogen) atoms. The van der Waals surface area contributed by atoms with Crippen LogP contribution < -0.4 is 0 Å². The van der Waals surface area contributed by atoms with Crippen LogP contribution in [0.3, 0.4) is 0 Å². The third-order valence-corrected chi connectivity index (χ3v) is 2.35. The van der Waals surface area contributed by atoms with E-state index < -0.39 is 0 Å². The van der Waals surface area contributed by atoms with E-state index in [-0.39, 0.29) is 11.2 Å². The first-order chi connectivity index (χ1) is 5.58. The lowest BCUT2D eigenvalue weighted by Crippen LogP contribution is -2.38. The maximum absolute atomic E-state index is 10.8. The molecule has 0 aromatic rings. The lowest BCUT2D eigenvalue weighted by molar-refractivity contribution is -0.130. The Morgan fingerprint density at radius 3 is 2.50 bits per heavy atom. The van der Waals surface area contributed by atoms with Crippen molar-refractivity contribution in [2.75, 3.05) is 20.6 Å². The van der Waals surface area contributed by atoms with Gasteiger partial charge in [0.1, 0.15) is 5.78 Å². The number of carbonyl (C=O) groups is 1. The third-order valence-electron chi connectivity index (χ3n) is 2.35. The number of carbonyl (C=O) groups excluding carboxylic acids is 1. The van der Waals surface area contributed by atoms with Crippen LogP contribution in [0.5, 0.6) is 0 Å². The minimum absolute atomic E-state index is 0.232. The van der Waals surface area contributed by atoms with Gasteiger partial charge in [-0.15, -0.1) is 0 Å². The molecule has 0 aromatic carbocycles. The molecule has 0 N–H and O–H groups in total. The summed E-state index contributed by atoms with van der Waals surface area (Å²) in [5, 5.41) is 8.85. The Kier molecular flexibility index (Phi) is 2.49. The van der Waals surface area contributed by atoms with Crippen molar-refractivity contribution >= 4 is 5.78 Å². The molecule has 1 fully saturated rings. The van der Waals surface area contributed by atoms with Gasteiger partial charge < -0.3 is 4.90 Å². The van der Waals surface area contributed by atoms with E-state index >= 15 is 0 Å². The molecule has 0 heterocycles. The average molecular weight is 166 g/mol. The zero-order chi connectivity index (χ0) is 9.19. The van der Waals surface area contributed by atoms with Gasteiger partial charge in [-0.25, -0.2) is 0 Å². The first-order valence-electron chi connectivity index (χ1n) is 4.16. The lowest BCUT2D eigenvalue weighted by Gasteiger charge is -2.34. The van der Waals surface area contributed by atoms with Crippen molar-refractivity contribution in [1.82, 2.24) is 4.90 Å². The first kappa shape index (κ1) is 9.21. The van der Waals surface area contributed by atoms with Crippen LogP contribution in [-0.2, 0) is 4.79 Å². The summed E-state index contributed by atoms with van der Waals surface area (Å²) >= 11 is 0. The molecule has 0 bridgehead atoms. The highest BCUT2D eigenvalue weighted by Crippen LogP contribution is 2.40. The van der Waals surface area contributed by atoms with Gasteiger partial charge in [0.05, 0.1) is 11.5 Å². The molecular formula is C9H14N2O. The van der Waals surface area contributed by atoms with Crippen molar-refractivity contribution in [1.29, 1.82) is 5.26 Å². The van der Waals surface area contributed by atoms with Crippen molar-refractivity contribution < 1.29 is 4.79 Å². The van der Waals surface area contributed by atoms with Crippen LogP contribution >= 0.6 is 0 Å². The fourth-order valence-corrected chi connectivity index (χ4v) is 1.45. The number of ketones is 1. The summed E-state index contributed by atoms with van der Waals surface area (Å²) in [4.78, 5) is 12.8. The van der Waals surface area contributed by atoms with E-state index in [1.54, 1.807) is 0 Å². The smallest absolute Gasteiger partial charge is 0.136 e. The van der Waals surface area contributed by atoms with E-state index in [0.717, 1.165) is 13.0 Å². The predicted octanol–water partition coefficient (Wildman–Crippen LogP) is 0.811. The van der Waals surface area contributed by atoms with Crippen LogP contribution in [0.15, 0.2) is 0 Å². The summed E-state index contributed by atoms with van der Waals surface area (Å²) in [7, 11) is 3.96. The van der Waals surface area contributed by atoms with Gasteiger partial charge in [0, 0.05) is 12.8 Å². The second-order valence-corrected chi connectivity index (χ2v) is 3.84. The van der Waals surface area contributed by atoms with Gasteiger partial charge >= 0.3 is 0 Å². The highest BCUT2D eigenvalue weighted by molar-refractivity contribution is 5.87. The van der Waals surface area contributed by atoms with Crippen LogP contribution in [-0.4, -0.2) is 31.3 Å². The van der Waals surface area contributed by atoms with Crippen LogP contribution in [0.25, 0.3) is 0 Å². The fraction of sp³-hybridized carbons (Fsp3) is 0.778. The van der Waals surface area contributed by atoms with E-state index in [4.69, 9.17) is 5.26 Å². The number of Topliss-reactive ketones (excluding diaryl/α,β-unsaturated/α-hetero) is 1. The van der Waals surface area contributed by atoms with Gasteiger partial charge in [0.15, 0.2) is 0 Å². The standard InChI is InChI=1S/C9H14N2O/c1-11(2)4-3-9(7-10)5-8(12)6-9/h3-6H2,1-2H3. The zero-order valence-corrected chi connectivity index (χ0v) is 7.63. The monoisotopic (exact) mass is 166 g/mol. The largest absolute Gasteiger partial charge is 0.309 e. The molecule has 1 aliphatic carbocycles. The molecule has 0 spiro atoms. The minimum atomic E-state index is -0.318. The average Bonchev–Trinajstić information content (AvgIpc) is 1.95. The number of nitriles is 1. The first-order valence-corrected chi connectivity index (χ1v) is 4.16. The molecule has 0 amide bonds. The molecule has 0 saturated heterocycles. The molecule has 0 aliphatic heterocycles. The number of hydrogen-bond acceptors (Lipinski definition) is 3. The van der Waals surface area contributed by atoms with E-state index in [1.165, 1.54) is 0 Å². The van der Waals surface area contributed by atoms with Gasteiger partial charge in [-0.05, 0) is 27.1 Å². The topological polar surface area (TPSA) is 44.1 Å².